The van der Waals surface area contributed by atoms with Gasteiger partial charge in [-0.25, -0.2) is 4.98 Å². The lowest BCUT2D eigenvalue weighted by molar-refractivity contribution is -0.394. The fourth-order valence-corrected chi connectivity index (χ4v) is 2.55. The number of nitro groups is 2. The predicted molar refractivity (Wildman–Crippen MR) is 108 cm³/mol. The third kappa shape index (κ3) is 4.73. The Balaban J connectivity index is 1.75. The molecule has 0 atom stereocenters. The van der Waals surface area contributed by atoms with Crippen LogP contribution in [0.4, 0.5) is 17.1 Å². The third-order valence-electron chi connectivity index (χ3n) is 4.28. The number of benzene rings is 2. The van der Waals surface area contributed by atoms with E-state index in [1.807, 2.05) is 32.0 Å². The van der Waals surface area contributed by atoms with Crippen LogP contribution in [0.2, 0.25) is 0 Å². The summed E-state index contributed by atoms with van der Waals surface area (Å²) in [5.41, 5.74) is 1.18. The van der Waals surface area contributed by atoms with Crippen LogP contribution in [0, 0.1) is 34.1 Å². The number of pyridine rings is 1. The number of ether oxygens (including phenoxy) is 1. The Morgan fingerprint density at radius 2 is 1.60 bits per heavy atom. The molecule has 0 saturated heterocycles. The van der Waals surface area contributed by atoms with E-state index in [1.54, 1.807) is 6.07 Å². The molecule has 30 heavy (non-hydrogen) atoms. The lowest BCUT2D eigenvalue weighted by atomic mass is 10.1. The van der Waals surface area contributed by atoms with E-state index in [1.165, 1.54) is 12.3 Å². The van der Waals surface area contributed by atoms with Crippen LogP contribution >= 0.6 is 0 Å². The van der Waals surface area contributed by atoms with E-state index in [0.717, 1.165) is 29.3 Å². The second-order valence-corrected chi connectivity index (χ2v) is 6.44. The Morgan fingerprint density at radius 1 is 0.933 bits per heavy atom. The number of carbonyl (C=O) groups excluding carboxylic acids is 1. The summed E-state index contributed by atoms with van der Waals surface area (Å²) >= 11 is 0. The summed E-state index contributed by atoms with van der Waals surface area (Å²) in [4.78, 5) is 36.8. The molecule has 2 aromatic carbocycles. The summed E-state index contributed by atoms with van der Waals surface area (Å²) in [6.07, 6.45) is 1.35. The van der Waals surface area contributed by atoms with Crippen molar-refractivity contribution in [3.63, 3.8) is 0 Å². The number of non-ortho nitro benzene ring substituents is 2. The topological polar surface area (TPSA) is 138 Å². The maximum Gasteiger partial charge on any atom is 0.277 e. The number of aryl methyl sites for hydroxylation is 2. The van der Waals surface area contributed by atoms with Crippen LogP contribution in [-0.2, 0) is 0 Å². The first kappa shape index (κ1) is 20.4. The standard InChI is InChI=1S/C20H16N4O6/c1-12-3-5-18(7-13(12)2)30-19-6-4-15(11-21-19)22-20(25)14-8-16(23(26)27)10-17(9-14)24(28)29/h3-11H,1-2H3,(H,22,25). The average molecular weight is 408 g/mol. The molecule has 1 amide bonds. The first-order valence-corrected chi connectivity index (χ1v) is 8.69. The predicted octanol–water partition coefficient (Wildman–Crippen LogP) is 4.56. The van der Waals surface area contributed by atoms with Crippen molar-refractivity contribution in [3.05, 3.63) is 91.6 Å². The van der Waals surface area contributed by atoms with E-state index < -0.39 is 27.1 Å². The normalized spacial score (nSPS) is 10.3. The highest BCUT2D eigenvalue weighted by Gasteiger charge is 2.20. The number of aromatic nitrogens is 1. The molecule has 152 valence electrons. The SMILES string of the molecule is Cc1ccc(Oc2ccc(NC(=O)c3cc([N+](=O)[O-])cc([N+](=O)[O-])c3)cn2)cc1C. The van der Waals surface area contributed by atoms with Gasteiger partial charge in [-0.1, -0.05) is 6.07 Å². The fourth-order valence-electron chi connectivity index (χ4n) is 2.55. The molecule has 0 aliphatic rings. The quantitative estimate of drug-likeness (QED) is 0.466. The van der Waals surface area contributed by atoms with Gasteiger partial charge in [0.2, 0.25) is 5.88 Å². The fraction of sp³-hybridized carbons (Fsp3) is 0.100. The van der Waals surface area contributed by atoms with Crippen molar-refractivity contribution in [2.24, 2.45) is 0 Å². The van der Waals surface area contributed by atoms with Crippen molar-refractivity contribution in [3.8, 4) is 11.6 Å². The molecule has 0 aliphatic heterocycles. The van der Waals surface area contributed by atoms with Crippen molar-refractivity contribution in [1.82, 2.24) is 4.98 Å². The third-order valence-corrected chi connectivity index (χ3v) is 4.28. The molecule has 10 heteroatoms. The van der Waals surface area contributed by atoms with Gasteiger partial charge in [0.25, 0.3) is 17.3 Å². The summed E-state index contributed by atoms with van der Waals surface area (Å²) in [5, 5.41) is 24.4. The number of amides is 1. The van der Waals surface area contributed by atoms with Gasteiger partial charge in [0.15, 0.2) is 0 Å². The van der Waals surface area contributed by atoms with Crippen LogP contribution in [0.15, 0.2) is 54.7 Å². The van der Waals surface area contributed by atoms with Crippen LogP contribution in [-0.4, -0.2) is 20.7 Å². The number of nitrogens with one attached hydrogen (secondary N) is 1. The minimum atomic E-state index is -0.801. The number of hydrogen-bond donors (Lipinski definition) is 1. The second kappa shape index (κ2) is 8.35. The lowest BCUT2D eigenvalue weighted by Gasteiger charge is -2.09. The molecule has 0 saturated carbocycles. The zero-order chi connectivity index (χ0) is 21.8. The molecule has 0 spiro atoms. The highest BCUT2D eigenvalue weighted by molar-refractivity contribution is 6.05. The van der Waals surface area contributed by atoms with Crippen LogP contribution in [0.3, 0.4) is 0 Å². The largest absolute Gasteiger partial charge is 0.439 e. The van der Waals surface area contributed by atoms with Crippen LogP contribution < -0.4 is 10.1 Å². The molecular formula is C20H16N4O6. The van der Waals surface area contributed by atoms with Gasteiger partial charge in [-0.2, -0.15) is 0 Å². The Bertz CT molecular complexity index is 1110. The minimum Gasteiger partial charge on any atom is -0.439 e. The van der Waals surface area contributed by atoms with Gasteiger partial charge in [0, 0.05) is 18.2 Å². The Morgan fingerprint density at radius 3 is 2.13 bits per heavy atom. The average Bonchev–Trinajstić information content (AvgIpc) is 2.71. The van der Waals surface area contributed by atoms with Crippen LogP contribution in [0.5, 0.6) is 11.6 Å². The van der Waals surface area contributed by atoms with Crippen molar-refractivity contribution in [2.45, 2.75) is 13.8 Å². The molecule has 0 unspecified atom stereocenters. The summed E-state index contributed by atoms with van der Waals surface area (Å²) in [5.74, 6) is 0.181. The lowest BCUT2D eigenvalue weighted by Crippen LogP contribution is -2.13. The molecule has 3 aromatic rings. The number of carbonyl (C=O) groups is 1. The minimum absolute atomic E-state index is 0.216. The summed E-state index contributed by atoms with van der Waals surface area (Å²) < 4.78 is 5.67. The highest BCUT2D eigenvalue weighted by Crippen LogP contribution is 2.25. The van der Waals surface area contributed by atoms with Gasteiger partial charge < -0.3 is 10.1 Å². The van der Waals surface area contributed by atoms with Crippen molar-refractivity contribution >= 4 is 23.0 Å². The van der Waals surface area contributed by atoms with Gasteiger partial charge >= 0.3 is 0 Å². The van der Waals surface area contributed by atoms with E-state index in [4.69, 9.17) is 4.74 Å². The second-order valence-electron chi connectivity index (χ2n) is 6.44. The summed E-state index contributed by atoms with van der Waals surface area (Å²) in [6, 6.07) is 11.4. The molecule has 1 aromatic heterocycles. The first-order valence-electron chi connectivity index (χ1n) is 8.69. The maximum atomic E-state index is 12.4. The zero-order valence-electron chi connectivity index (χ0n) is 16.0. The maximum absolute atomic E-state index is 12.4. The van der Waals surface area contributed by atoms with E-state index in [2.05, 4.69) is 10.3 Å². The van der Waals surface area contributed by atoms with Crippen LogP contribution in [0.25, 0.3) is 0 Å². The summed E-state index contributed by atoms with van der Waals surface area (Å²) in [6.45, 7) is 3.96. The monoisotopic (exact) mass is 408 g/mol. The van der Waals surface area contributed by atoms with Crippen molar-refractivity contribution < 1.29 is 19.4 Å². The van der Waals surface area contributed by atoms with E-state index >= 15 is 0 Å². The number of anilines is 1. The molecule has 0 aliphatic carbocycles. The van der Waals surface area contributed by atoms with Crippen LogP contribution in [0.1, 0.15) is 21.5 Å². The zero-order valence-corrected chi connectivity index (χ0v) is 16.0. The molecule has 0 fully saturated rings. The van der Waals surface area contributed by atoms with Crippen molar-refractivity contribution in [1.29, 1.82) is 0 Å². The highest BCUT2D eigenvalue weighted by atomic mass is 16.6. The molecule has 3 rings (SSSR count). The molecule has 0 bridgehead atoms. The van der Waals surface area contributed by atoms with Gasteiger partial charge in [-0.15, -0.1) is 0 Å². The smallest absolute Gasteiger partial charge is 0.277 e. The molecule has 1 N–H and O–H groups in total. The number of hydrogen-bond acceptors (Lipinski definition) is 7. The van der Waals surface area contributed by atoms with Crippen molar-refractivity contribution in [2.75, 3.05) is 5.32 Å². The number of nitro benzene ring substituents is 2. The molecule has 1 heterocycles. The van der Waals surface area contributed by atoms with Gasteiger partial charge in [0.1, 0.15) is 5.75 Å². The number of rotatable bonds is 6. The van der Waals surface area contributed by atoms with Gasteiger partial charge in [0.05, 0.1) is 33.4 Å². The molecular weight excluding hydrogens is 392 g/mol. The van der Waals surface area contributed by atoms with E-state index in [-0.39, 0.29) is 5.56 Å². The molecule has 10 nitrogen and oxygen atoms in total. The number of nitrogens with zero attached hydrogens (tertiary/aromatic N) is 3. The Labute approximate surface area is 170 Å². The summed E-state index contributed by atoms with van der Waals surface area (Å²) in [7, 11) is 0. The molecule has 0 radical (unpaired) electrons. The Kier molecular flexibility index (Phi) is 5.68. The Hall–Kier alpha value is -4.34. The van der Waals surface area contributed by atoms with E-state index in [9.17, 15) is 25.0 Å². The first-order chi connectivity index (χ1) is 14.2. The van der Waals surface area contributed by atoms with Gasteiger partial charge in [-0.05, 0) is 43.2 Å². The van der Waals surface area contributed by atoms with Gasteiger partial charge in [-0.3, -0.25) is 25.0 Å². The van der Waals surface area contributed by atoms with E-state index in [0.29, 0.717) is 17.3 Å².